The molecule has 0 aliphatic carbocycles. The molecule has 4 nitrogen and oxygen atoms in total. The first-order valence-electron chi connectivity index (χ1n) is 26.7. The molecular weight excluding hydrogens is 986 g/mol. The van der Waals surface area contributed by atoms with Crippen molar-refractivity contribution in [2.75, 3.05) is 0 Å². The quantitative estimate of drug-likeness (QED) is 0.142. The second kappa shape index (κ2) is 18.1. The van der Waals surface area contributed by atoms with Gasteiger partial charge in [-0.3, -0.25) is 9.55 Å². The van der Waals surface area contributed by atoms with Gasteiger partial charge in [0.05, 0.1) is 33.5 Å². The van der Waals surface area contributed by atoms with Crippen molar-refractivity contribution < 1.29 is 39.5 Å². The fourth-order valence-corrected chi connectivity index (χ4v) is 8.54. The molecule has 0 spiro atoms. The molecule has 0 fully saturated rings. The number of pyridine rings is 1. The molecule has 0 saturated carbocycles. The Morgan fingerprint density at radius 2 is 1.32 bits per heavy atom. The molecule has 332 valence electrons. The van der Waals surface area contributed by atoms with Crippen molar-refractivity contribution in [3.8, 4) is 78.6 Å². The molecule has 0 bridgehead atoms. The molecule has 0 amide bonds. The summed E-state index contributed by atoms with van der Waals surface area (Å²) in [7, 11) is 3.88. The molecule has 66 heavy (non-hydrogen) atoms. The first kappa shape index (κ1) is 34.9. The van der Waals surface area contributed by atoms with Gasteiger partial charge in [0.2, 0.25) is 0 Å². The van der Waals surface area contributed by atoms with E-state index in [2.05, 4.69) is 85.1 Å². The zero-order valence-corrected chi connectivity index (χ0v) is 40.7. The molecule has 0 radical (unpaired) electrons. The summed E-state index contributed by atoms with van der Waals surface area (Å²) in [4.78, 5) is 10.3. The van der Waals surface area contributed by atoms with Crippen molar-refractivity contribution in [1.29, 1.82) is 0 Å². The summed E-state index contributed by atoms with van der Waals surface area (Å²) in [5.74, 6) is 1.00. The molecule has 7 aromatic carbocycles. The number of para-hydroxylation sites is 1. The minimum absolute atomic E-state index is 0. The van der Waals surface area contributed by atoms with E-state index in [0.717, 1.165) is 38.9 Å². The maximum atomic E-state index is 9.01. The molecule has 9 aromatic rings. The SMILES string of the molecule is [2H]c1c([2H])c(C([2H])([2H])[2H])c([2H])c([2H])c1-c1ccnc(-c2[c-]c(-c3cccc4c3nc(-c3cc(C)cc(C)c3O[CH2-])n4-c3cc(C([2H])([2H])[2H])c(-c4ccccc4)cc3-c3ccc(C(C)(C)C)cc3)cc(C(C)(C)C)c2)c1.[Pt+2]. The number of imidazole rings is 1. The van der Waals surface area contributed by atoms with Crippen LogP contribution in [0.15, 0.2) is 152 Å². The standard InChI is InChI=1S/C61H57N3O.Pt/c1-38-20-22-42(23-21-38)45-28-29-62-54(36-45)47-33-46(34-49(35-47)61(8,9)10)50-18-15-19-55-57(50)63-59(53-31-39(2)30-41(4)58(53)65-11)64(55)56-32-40(3)51(43-16-13-12-14-17-43)37-52(56)44-24-26-48(27-25-44)60(5,6)7;/h12-32,34-37H,11H2,1-10H3;/q-2;+2/i1D3,3D3,20D,21D,22D,23D;. The third-order valence-corrected chi connectivity index (χ3v) is 12.0. The fraction of sp³-hybridized carbons (Fsp3) is 0.197. The summed E-state index contributed by atoms with van der Waals surface area (Å²) < 4.78 is 93.7. The second-order valence-electron chi connectivity index (χ2n) is 18.8. The largest absolute Gasteiger partial charge is 2.00 e. The van der Waals surface area contributed by atoms with Crippen LogP contribution in [0.2, 0.25) is 0 Å². The Balaban J connectivity index is 0.00000765. The second-order valence-corrected chi connectivity index (χ2v) is 18.8. The van der Waals surface area contributed by atoms with Gasteiger partial charge in [0.25, 0.3) is 0 Å². The summed E-state index contributed by atoms with van der Waals surface area (Å²) in [5.41, 5.74) is 11.1. The smallest absolute Gasteiger partial charge is 0.665 e. The number of aromatic nitrogens is 3. The van der Waals surface area contributed by atoms with Gasteiger partial charge in [-0.2, -0.15) is 7.11 Å². The molecule has 5 heteroatoms. The summed E-state index contributed by atoms with van der Waals surface area (Å²) >= 11 is 0. The molecule has 9 rings (SSSR count). The van der Waals surface area contributed by atoms with E-state index < -0.39 is 48.9 Å². The van der Waals surface area contributed by atoms with Crippen LogP contribution >= 0.6 is 0 Å². The molecule has 2 aromatic heterocycles. The molecule has 0 atom stereocenters. The summed E-state index contributed by atoms with van der Waals surface area (Å²) in [6.07, 6.45) is 1.53. The predicted molar refractivity (Wildman–Crippen MR) is 273 cm³/mol. The molecule has 0 aliphatic rings. The number of rotatable bonds is 8. The normalized spacial score (nSPS) is 14.3. The number of aryl methyl sites for hydroxylation is 3. The topological polar surface area (TPSA) is 39.9 Å². The van der Waals surface area contributed by atoms with Gasteiger partial charge in [-0.05, 0) is 119 Å². The number of benzene rings is 7. The fourth-order valence-electron chi connectivity index (χ4n) is 8.54. The Bertz CT molecular complexity index is 3670. The van der Waals surface area contributed by atoms with Gasteiger partial charge < -0.3 is 4.74 Å². The van der Waals surface area contributed by atoms with Crippen molar-refractivity contribution in [1.82, 2.24) is 14.5 Å². The minimum atomic E-state index is -2.85. The van der Waals surface area contributed by atoms with Crippen molar-refractivity contribution >= 4 is 11.0 Å². The maximum Gasteiger partial charge on any atom is 2.00 e. The third-order valence-electron chi connectivity index (χ3n) is 12.0. The van der Waals surface area contributed by atoms with E-state index in [1.54, 1.807) is 18.2 Å². The summed E-state index contributed by atoms with van der Waals surface area (Å²) in [6, 6.07) is 40.5. The van der Waals surface area contributed by atoms with E-state index in [9.17, 15) is 0 Å². The zero-order chi connectivity index (χ0) is 54.3. The zero-order valence-electron chi connectivity index (χ0n) is 48.4. The van der Waals surface area contributed by atoms with Crippen molar-refractivity contribution in [2.45, 2.75) is 79.9 Å². The monoisotopic (exact) mass is 1050 g/mol. The van der Waals surface area contributed by atoms with Crippen LogP contribution in [-0.2, 0) is 31.9 Å². The molecule has 0 saturated heterocycles. The number of fused-ring (bicyclic) bond motifs is 1. The van der Waals surface area contributed by atoms with Gasteiger partial charge in [-0.1, -0.05) is 161 Å². The van der Waals surface area contributed by atoms with Crippen LogP contribution in [0.4, 0.5) is 0 Å². The number of hydrogen-bond acceptors (Lipinski definition) is 3. The first-order chi connectivity index (χ1) is 35.2. The number of nitrogens with zero attached hydrogens (tertiary/aromatic N) is 3. The Morgan fingerprint density at radius 3 is 2.00 bits per heavy atom. The van der Waals surface area contributed by atoms with Crippen LogP contribution in [0.1, 0.15) is 88.6 Å². The Kier molecular flexibility index (Phi) is 9.60. The number of ether oxygens (including phenoxy) is 1. The summed E-state index contributed by atoms with van der Waals surface area (Å²) in [6.45, 7) is 11.4. The van der Waals surface area contributed by atoms with Crippen LogP contribution in [0, 0.1) is 40.7 Å². The van der Waals surface area contributed by atoms with E-state index in [1.165, 1.54) is 6.20 Å². The molecule has 0 aliphatic heterocycles. The first-order valence-corrected chi connectivity index (χ1v) is 21.7. The minimum Gasteiger partial charge on any atom is -0.665 e. The number of hydrogen-bond donors (Lipinski definition) is 0. The molecule has 0 unspecified atom stereocenters. The molecular formula is C61H57N3OPt. The van der Waals surface area contributed by atoms with Crippen LogP contribution < -0.4 is 4.74 Å². The predicted octanol–water partition coefficient (Wildman–Crippen LogP) is 16.2. The molecule has 0 N–H and O–H groups in total. The van der Waals surface area contributed by atoms with E-state index in [-0.39, 0.29) is 37.6 Å². The maximum absolute atomic E-state index is 9.01. The average molecular weight is 1050 g/mol. The Morgan fingerprint density at radius 1 is 0.606 bits per heavy atom. The van der Waals surface area contributed by atoms with Crippen LogP contribution in [0.3, 0.4) is 0 Å². The van der Waals surface area contributed by atoms with Crippen molar-refractivity contribution in [2.24, 2.45) is 0 Å². The van der Waals surface area contributed by atoms with E-state index in [1.807, 2.05) is 91.2 Å². The van der Waals surface area contributed by atoms with Crippen LogP contribution in [-0.4, -0.2) is 14.5 Å². The van der Waals surface area contributed by atoms with Crippen molar-refractivity contribution in [3.63, 3.8) is 0 Å². The Hall–Kier alpha value is -6.35. The van der Waals surface area contributed by atoms with Gasteiger partial charge >= 0.3 is 21.1 Å². The van der Waals surface area contributed by atoms with Crippen LogP contribution in [0.5, 0.6) is 5.75 Å². The van der Waals surface area contributed by atoms with Gasteiger partial charge in [-0.15, -0.1) is 29.3 Å². The van der Waals surface area contributed by atoms with Gasteiger partial charge in [-0.25, -0.2) is 4.98 Å². The Labute approximate surface area is 420 Å². The van der Waals surface area contributed by atoms with Crippen LogP contribution in [0.25, 0.3) is 83.9 Å². The van der Waals surface area contributed by atoms with Crippen molar-refractivity contribution in [3.05, 3.63) is 198 Å². The third kappa shape index (κ3) is 8.97. The van der Waals surface area contributed by atoms with Gasteiger partial charge in [0, 0.05) is 25.7 Å². The average Bonchev–Trinajstić information content (AvgIpc) is 3.76. The van der Waals surface area contributed by atoms with Gasteiger partial charge in [0.15, 0.2) is 0 Å². The van der Waals surface area contributed by atoms with E-state index in [4.69, 9.17) is 28.4 Å². The van der Waals surface area contributed by atoms with E-state index in [0.29, 0.717) is 67.4 Å². The summed E-state index contributed by atoms with van der Waals surface area (Å²) in [5, 5.41) is 0. The molecule has 2 heterocycles. The van der Waals surface area contributed by atoms with Gasteiger partial charge in [0.1, 0.15) is 5.82 Å². The van der Waals surface area contributed by atoms with E-state index >= 15 is 0 Å².